The Morgan fingerprint density at radius 2 is 1.86 bits per heavy atom. The molecule has 1 atom stereocenters. The van der Waals surface area contributed by atoms with E-state index >= 15 is 0 Å². The van der Waals surface area contributed by atoms with Gasteiger partial charge in [-0.25, -0.2) is 0 Å². The van der Waals surface area contributed by atoms with Crippen LogP contribution >= 0.6 is 0 Å². The molecule has 2 rings (SSSR count). The van der Waals surface area contributed by atoms with Crippen molar-refractivity contribution in [2.45, 2.75) is 71.6 Å². The molecule has 3 amide bonds. The van der Waals surface area contributed by atoms with Gasteiger partial charge in [0.15, 0.2) is 0 Å². The van der Waals surface area contributed by atoms with E-state index in [1.54, 1.807) is 23.9 Å². The first-order valence-electron chi connectivity index (χ1n) is 10.8. The Bertz CT molecular complexity index is 606. The molecule has 1 fully saturated rings. The van der Waals surface area contributed by atoms with Crippen LogP contribution in [0.4, 0.5) is 0 Å². The second kappa shape index (κ2) is 10.6. The molecule has 28 heavy (non-hydrogen) atoms. The molecule has 0 aromatic heterocycles. The Balaban J connectivity index is 2.04. The number of carbonyl (C=O) groups is 3. The molecule has 0 radical (unpaired) electrons. The summed E-state index contributed by atoms with van der Waals surface area (Å²) in [5.41, 5.74) is 1.40. The van der Waals surface area contributed by atoms with E-state index in [9.17, 15) is 14.4 Å². The fourth-order valence-corrected chi connectivity index (χ4v) is 4.24. The first-order chi connectivity index (χ1) is 13.3. The van der Waals surface area contributed by atoms with Gasteiger partial charge in [0.1, 0.15) is 0 Å². The van der Waals surface area contributed by atoms with Crippen molar-refractivity contribution in [3.05, 3.63) is 11.3 Å². The Hall–Kier alpha value is -1.85. The third-order valence-corrected chi connectivity index (χ3v) is 6.05. The van der Waals surface area contributed by atoms with Gasteiger partial charge in [-0.1, -0.05) is 32.6 Å². The Kier molecular flexibility index (Phi) is 8.52. The van der Waals surface area contributed by atoms with Crippen molar-refractivity contribution >= 4 is 17.7 Å². The minimum Gasteiger partial charge on any atom is -0.356 e. The molecule has 1 heterocycles. The molecule has 1 aliphatic carbocycles. The van der Waals surface area contributed by atoms with Gasteiger partial charge in [0.25, 0.3) is 5.91 Å². The molecular formula is C22H37N3O3. The molecule has 1 saturated carbocycles. The number of amides is 3. The zero-order valence-corrected chi connectivity index (χ0v) is 18.1. The van der Waals surface area contributed by atoms with Crippen LogP contribution in [0.1, 0.15) is 71.6 Å². The van der Waals surface area contributed by atoms with Crippen molar-refractivity contribution in [1.29, 1.82) is 0 Å². The van der Waals surface area contributed by atoms with Gasteiger partial charge in [-0.2, -0.15) is 0 Å². The topological polar surface area (TPSA) is 69.7 Å². The van der Waals surface area contributed by atoms with Crippen molar-refractivity contribution in [1.82, 2.24) is 15.1 Å². The molecular weight excluding hydrogens is 354 g/mol. The molecule has 6 nitrogen and oxygen atoms in total. The minimum atomic E-state index is -0.453. The molecule has 2 aliphatic rings. The maximum absolute atomic E-state index is 13.0. The number of rotatable bonds is 8. The van der Waals surface area contributed by atoms with Crippen molar-refractivity contribution in [3.63, 3.8) is 0 Å². The molecule has 1 aliphatic heterocycles. The molecule has 158 valence electrons. The summed E-state index contributed by atoms with van der Waals surface area (Å²) in [6.07, 6.45) is 8.50. The summed E-state index contributed by atoms with van der Waals surface area (Å²) in [4.78, 5) is 41.4. The van der Waals surface area contributed by atoms with Crippen molar-refractivity contribution < 1.29 is 14.4 Å². The standard InChI is InChI=1S/C22H37N3O3/c1-5-6-12-25-16(2)19(22(28)24(3)4)13-18(21(25)27)14-20(26)23-15-17-10-8-7-9-11-17/h17-18H,5-15H2,1-4H3,(H,23,26). The van der Waals surface area contributed by atoms with Crippen LogP contribution in [0.25, 0.3) is 0 Å². The summed E-state index contributed by atoms with van der Waals surface area (Å²) in [6.45, 7) is 5.24. The maximum atomic E-state index is 13.0. The van der Waals surface area contributed by atoms with Gasteiger partial charge in [-0.05, 0) is 38.5 Å². The highest BCUT2D eigenvalue weighted by molar-refractivity contribution is 5.98. The highest BCUT2D eigenvalue weighted by atomic mass is 16.2. The lowest BCUT2D eigenvalue weighted by atomic mass is 9.87. The Labute approximate surface area is 169 Å². The highest BCUT2D eigenvalue weighted by Gasteiger charge is 2.36. The predicted octanol–water partition coefficient (Wildman–Crippen LogP) is 3.08. The second-order valence-corrected chi connectivity index (χ2v) is 8.52. The fraction of sp³-hybridized carbons (Fsp3) is 0.773. The number of carbonyl (C=O) groups excluding carboxylic acids is 3. The molecule has 0 bridgehead atoms. The average molecular weight is 392 g/mol. The van der Waals surface area contributed by atoms with Crippen LogP contribution in [0.3, 0.4) is 0 Å². The number of hydrogen-bond acceptors (Lipinski definition) is 3. The van der Waals surface area contributed by atoms with E-state index in [1.165, 1.54) is 32.1 Å². The summed E-state index contributed by atoms with van der Waals surface area (Å²) in [7, 11) is 3.45. The highest BCUT2D eigenvalue weighted by Crippen LogP contribution is 2.31. The molecule has 0 aromatic carbocycles. The van der Waals surface area contributed by atoms with Crippen LogP contribution in [0, 0.1) is 11.8 Å². The van der Waals surface area contributed by atoms with E-state index in [2.05, 4.69) is 12.2 Å². The molecule has 0 aromatic rings. The minimum absolute atomic E-state index is 0.0194. The number of likely N-dealkylation sites (N-methyl/N-ethyl adjacent to an activating group) is 1. The number of unbranched alkanes of at least 4 members (excludes halogenated alkanes) is 1. The van der Waals surface area contributed by atoms with Crippen LogP contribution < -0.4 is 5.32 Å². The third kappa shape index (κ3) is 5.82. The number of allylic oxidation sites excluding steroid dienone is 1. The lowest BCUT2D eigenvalue weighted by molar-refractivity contribution is -0.138. The Morgan fingerprint density at radius 1 is 1.18 bits per heavy atom. The zero-order chi connectivity index (χ0) is 20.7. The number of hydrogen-bond donors (Lipinski definition) is 1. The van der Waals surface area contributed by atoms with E-state index in [4.69, 9.17) is 0 Å². The van der Waals surface area contributed by atoms with Gasteiger partial charge in [-0.15, -0.1) is 0 Å². The number of nitrogens with one attached hydrogen (secondary N) is 1. The van der Waals surface area contributed by atoms with Gasteiger partial charge in [0, 0.05) is 44.9 Å². The summed E-state index contributed by atoms with van der Waals surface area (Å²) < 4.78 is 0. The summed E-state index contributed by atoms with van der Waals surface area (Å²) in [6, 6.07) is 0. The van der Waals surface area contributed by atoms with E-state index in [-0.39, 0.29) is 24.1 Å². The third-order valence-electron chi connectivity index (χ3n) is 6.05. The summed E-state index contributed by atoms with van der Waals surface area (Å²) in [5.74, 6) is -0.0524. The van der Waals surface area contributed by atoms with Gasteiger partial charge in [0.05, 0.1) is 5.92 Å². The van der Waals surface area contributed by atoms with E-state index in [1.807, 2.05) is 6.92 Å². The van der Waals surface area contributed by atoms with Crippen molar-refractivity contribution in [3.8, 4) is 0 Å². The smallest absolute Gasteiger partial charge is 0.251 e. The van der Waals surface area contributed by atoms with Crippen LogP contribution in [-0.2, 0) is 14.4 Å². The maximum Gasteiger partial charge on any atom is 0.251 e. The Morgan fingerprint density at radius 3 is 2.46 bits per heavy atom. The first kappa shape index (κ1) is 22.4. The van der Waals surface area contributed by atoms with Gasteiger partial charge in [0.2, 0.25) is 11.8 Å². The second-order valence-electron chi connectivity index (χ2n) is 8.52. The summed E-state index contributed by atoms with van der Waals surface area (Å²) in [5, 5.41) is 3.04. The molecule has 0 spiro atoms. The van der Waals surface area contributed by atoms with Crippen LogP contribution in [-0.4, -0.2) is 54.7 Å². The largest absolute Gasteiger partial charge is 0.356 e. The van der Waals surface area contributed by atoms with Crippen LogP contribution in [0.2, 0.25) is 0 Å². The quantitative estimate of drug-likeness (QED) is 0.691. The fourth-order valence-electron chi connectivity index (χ4n) is 4.24. The lowest BCUT2D eigenvalue weighted by Crippen LogP contribution is -2.44. The van der Waals surface area contributed by atoms with Crippen molar-refractivity contribution in [2.75, 3.05) is 27.2 Å². The average Bonchev–Trinajstić information content (AvgIpc) is 2.68. The van der Waals surface area contributed by atoms with E-state index in [0.29, 0.717) is 31.0 Å². The van der Waals surface area contributed by atoms with Gasteiger partial charge in [-0.3, -0.25) is 14.4 Å². The summed E-state index contributed by atoms with van der Waals surface area (Å²) >= 11 is 0. The molecule has 0 saturated heterocycles. The van der Waals surface area contributed by atoms with Gasteiger partial charge < -0.3 is 15.1 Å². The molecule has 1 unspecified atom stereocenters. The predicted molar refractivity (Wildman–Crippen MR) is 110 cm³/mol. The zero-order valence-electron chi connectivity index (χ0n) is 18.1. The van der Waals surface area contributed by atoms with E-state index < -0.39 is 5.92 Å². The monoisotopic (exact) mass is 391 g/mol. The van der Waals surface area contributed by atoms with E-state index in [0.717, 1.165) is 18.5 Å². The SMILES string of the molecule is CCCCN1C(=O)C(CC(=O)NCC2CCCCC2)CC(C(=O)N(C)C)=C1C. The van der Waals surface area contributed by atoms with Gasteiger partial charge >= 0.3 is 0 Å². The molecule has 6 heteroatoms. The van der Waals surface area contributed by atoms with Crippen LogP contribution in [0.5, 0.6) is 0 Å². The van der Waals surface area contributed by atoms with Crippen LogP contribution in [0.15, 0.2) is 11.3 Å². The first-order valence-corrected chi connectivity index (χ1v) is 10.8. The normalized spacial score (nSPS) is 21.1. The number of nitrogens with zero attached hydrogens (tertiary/aromatic N) is 2. The van der Waals surface area contributed by atoms with Crippen molar-refractivity contribution in [2.24, 2.45) is 11.8 Å². The lowest BCUT2D eigenvalue weighted by Gasteiger charge is -2.35. The molecule has 1 N–H and O–H groups in total.